The van der Waals surface area contributed by atoms with Crippen molar-refractivity contribution in [2.45, 2.75) is 47.1 Å². The van der Waals surface area contributed by atoms with Gasteiger partial charge in [-0.1, -0.05) is 43.7 Å². The molecule has 0 spiro atoms. The van der Waals surface area contributed by atoms with Gasteiger partial charge < -0.3 is 11.5 Å². The van der Waals surface area contributed by atoms with Crippen LogP contribution in [-0.4, -0.2) is 10.9 Å². The smallest absolute Gasteiger partial charge is 0.221 e. The van der Waals surface area contributed by atoms with Gasteiger partial charge in [0.25, 0.3) is 0 Å². The lowest BCUT2D eigenvalue weighted by molar-refractivity contribution is -0.117. The SMILES string of the molecule is Cc1ccc(-c2c(CC(N)=O)c(C)nc(CC(C)C)c2CN)cc1. The number of aryl methyl sites for hydroxylation is 2. The number of carbonyl (C=O) groups excluding carboxylic acids is 1. The quantitative estimate of drug-likeness (QED) is 0.856. The van der Waals surface area contributed by atoms with Crippen molar-refractivity contribution in [3.63, 3.8) is 0 Å². The molecule has 0 radical (unpaired) electrons. The third-order valence-corrected chi connectivity index (χ3v) is 4.19. The Hall–Kier alpha value is -2.20. The van der Waals surface area contributed by atoms with Crippen LogP contribution in [0.4, 0.5) is 0 Å². The molecule has 0 aliphatic carbocycles. The summed E-state index contributed by atoms with van der Waals surface area (Å²) in [4.78, 5) is 16.3. The number of pyridine rings is 1. The minimum atomic E-state index is -0.354. The molecule has 1 aromatic carbocycles. The lowest BCUT2D eigenvalue weighted by atomic mass is 9.88. The molecule has 4 heteroatoms. The summed E-state index contributed by atoms with van der Waals surface area (Å²) < 4.78 is 0. The highest BCUT2D eigenvalue weighted by Crippen LogP contribution is 2.32. The van der Waals surface area contributed by atoms with E-state index in [1.54, 1.807) is 0 Å². The number of hydrogen-bond donors (Lipinski definition) is 2. The summed E-state index contributed by atoms with van der Waals surface area (Å²) in [5.74, 6) is 0.128. The number of carbonyl (C=O) groups is 1. The Morgan fingerprint density at radius 2 is 1.75 bits per heavy atom. The molecule has 2 aromatic rings. The van der Waals surface area contributed by atoms with Gasteiger partial charge >= 0.3 is 0 Å². The zero-order chi connectivity index (χ0) is 17.9. The van der Waals surface area contributed by atoms with E-state index in [0.717, 1.165) is 40.1 Å². The molecule has 0 saturated heterocycles. The Balaban J connectivity index is 2.75. The standard InChI is InChI=1S/C20H27N3O/c1-12(2)9-18-17(11-21)20(15-7-5-13(3)6-8-15)16(10-19(22)24)14(4)23-18/h5-8,12H,9-11,21H2,1-4H3,(H2,22,24). The molecule has 0 saturated carbocycles. The zero-order valence-corrected chi connectivity index (χ0v) is 15.0. The second-order valence-electron chi connectivity index (χ2n) is 6.79. The normalized spacial score (nSPS) is 11.1. The van der Waals surface area contributed by atoms with Crippen molar-refractivity contribution in [2.24, 2.45) is 17.4 Å². The number of rotatable bonds is 6. The van der Waals surface area contributed by atoms with Crippen LogP contribution in [0, 0.1) is 19.8 Å². The van der Waals surface area contributed by atoms with E-state index < -0.39 is 0 Å². The van der Waals surface area contributed by atoms with Crippen LogP contribution in [0.3, 0.4) is 0 Å². The first kappa shape index (κ1) is 18.1. The Kier molecular flexibility index (Phi) is 5.73. The van der Waals surface area contributed by atoms with Crippen molar-refractivity contribution >= 4 is 5.91 Å². The fraction of sp³-hybridized carbons (Fsp3) is 0.400. The third kappa shape index (κ3) is 4.01. The zero-order valence-electron chi connectivity index (χ0n) is 15.0. The molecule has 24 heavy (non-hydrogen) atoms. The summed E-state index contributed by atoms with van der Waals surface area (Å²) in [5.41, 5.74) is 18.6. The first-order valence-corrected chi connectivity index (χ1v) is 8.40. The first-order valence-electron chi connectivity index (χ1n) is 8.40. The number of nitrogens with zero attached hydrogens (tertiary/aromatic N) is 1. The van der Waals surface area contributed by atoms with Gasteiger partial charge in [-0.2, -0.15) is 0 Å². The monoisotopic (exact) mass is 325 g/mol. The predicted molar refractivity (Wildman–Crippen MR) is 98.5 cm³/mol. The summed E-state index contributed by atoms with van der Waals surface area (Å²) >= 11 is 0. The van der Waals surface area contributed by atoms with Crippen LogP contribution in [0.5, 0.6) is 0 Å². The van der Waals surface area contributed by atoms with E-state index in [9.17, 15) is 4.79 Å². The number of benzene rings is 1. The van der Waals surface area contributed by atoms with E-state index in [2.05, 4.69) is 45.0 Å². The van der Waals surface area contributed by atoms with E-state index in [1.807, 2.05) is 6.92 Å². The lowest BCUT2D eigenvalue weighted by Crippen LogP contribution is -2.19. The maximum Gasteiger partial charge on any atom is 0.221 e. The highest BCUT2D eigenvalue weighted by atomic mass is 16.1. The summed E-state index contributed by atoms with van der Waals surface area (Å²) in [6.07, 6.45) is 1.04. The van der Waals surface area contributed by atoms with Crippen molar-refractivity contribution in [3.05, 3.63) is 52.3 Å². The predicted octanol–water partition coefficient (Wildman–Crippen LogP) is 3.05. The van der Waals surface area contributed by atoms with Gasteiger partial charge in [0.2, 0.25) is 5.91 Å². The Bertz CT molecular complexity index is 734. The topological polar surface area (TPSA) is 82.0 Å². The van der Waals surface area contributed by atoms with Gasteiger partial charge in [0.05, 0.1) is 6.42 Å². The maximum absolute atomic E-state index is 11.6. The second kappa shape index (κ2) is 7.58. The maximum atomic E-state index is 11.6. The molecular weight excluding hydrogens is 298 g/mol. The van der Waals surface area contributed by atoms with Gasteiger partial charge in [-0.05, 0) is 48.4 Å². The van der Waals surface area contributed by atoms with Gasteiger partial charge in [-0.15, -0.1) is 0 Å². The van der Waals surface area contributed by atoms with Crippen LogP contribution in [0.2, 0.25) is 0 Å². The number of amides is 1. The number of hydrogen-bond acceptors (Lipinski definition) is 3. The highest BCUT2D eigenvalue weighted by molar-refractivity contribution is 5.82. The summed E-state index contributed by atoms with van der Waals surface area (Å²) in [5, 5.41) is 0. The average Bonchev–Trinajstić information content (AvgIpc) is 2.49. The summed E-state index contributed by atoms with van der Waals surface area (Å²) in [7, 11) is 0. The van der Waals surface area contributed by atoms with E-state index in [0.29, 0.717) is 12.5 Å². The van der Waals surface area contributed by atoms with E-state index in [4.69, 9.17) is 16.5 Å². The van der Waals surface area contributed by atoms with Gasteiger partial charge in [0, 0.05) is 17.9 Å². The molecule has 4 nitrogen and oxygen atoms in total. The molecule has 0 fully saturated rings. The fourth-order valence-corrected chi connectivity index (χ4v) is 3.08. The Morgan fingerprint density at radius 3 is 2.25 bits per heavy atom. The minimum absolute atomic E-state index is 0.178. The van der Waals surface area contributed by atoms with Crippen LogP contribution in [0.25, 0.3) is 11.1 Å². The van der Waals surface area contributed by atoms with E-state index in [1.165, 1.54) is 5.56 Å². The Labute approximate surface area is 144 Å². The molecule has 1 aromatic heterocycles. The molecule has 1 heterocycles. The van der Waals surface area contributed by atoms with Crippen LogP contribution in [0.1, 0.15) is 41.9 Å². The molecule has 0 unspecified atom stereocenters. The third-order valence-electron chi connectivity index (χ3n) is 4.19. The first-order chi connectivity index (χ1) is 11.3. The Morgan fingerprint density at radius 1 is 1.12 bits per heavy atom. The minimum Gasteiger partial charge on any atom is -0.369 e. The molecule has 0 aliphatic heterocycles. The van der Waals surface area contributed by atoms with Crippen LogP contribution in [-0.2, 0) is 24.2 Å². The van der Waals surface area contributed by atoms with Crippen molar-refractivity contribution in [1.82, 2.24) is 4.98 Å². The highest BCUT2D eigenvalue weighted by Gasteiger charge is 2.20. The van der Waals surface area contributed by atoms with Gasteiger partial charge in [-0.3, -0.25) is 9.78 Å². The van der Waals surface area contributed by atoms with Crippen molar-refractivity contribution in [1.29, 1.82) is 0 Å². The number of aromatic nitrogens is 1. The van der Waals surface area contributed by atoms with Gasteiger partial charge in [0.1, 0.15) is 0 Å². The molecule has 1 amide bonds. The van der Waals surface area contributed by atoms with E-state index >= 15 is 0 Å². The fourth-order valence-electron chi connectivity index (χ4n) is 3.08. The molecule has 2 rings (SSSR count). The summed E-state index contributed by atoms with van der Waals surface area (Å²) in [6, 6.07) is 8.29. The van der Waals surface area contributed by atoms with Crippen LogP contribution < -0.4 is 11.5 Å². The van der Waals surface area contributed by atoms with Gasteiger partial charge in [-0.25, -0.2) is 0 Å². The van der Waals surface area contributed by atoms with E-state index in [-0.39, 0.29) is 12.3 Å². The molecule has 0 atom stereocenters. The largest absolute Gasteiger partial charge is 0.369 e. The average molecular weight is 325 g/mol. The van der Waals surface area contributed by atoms with Crippen LogP contribution in [0.15, 0.2) is 24.3 Å². The lowest BCUT2D eigenvalue weighted by Gasteiger charge is -2.20. The molecule has 0 bridgehead atoms. The van der Waals surface area contributed by atoms with Crippen molar-refractivity contribution in [2.75, 3.05) is 0 Å². The van der Waals surface area contributed by atoms with Crippen molar-refractivity contribution < 1.29 is 4.79 Å². The van der Waals surface area contributed by atoms with Gasteiger partial charge in [0.15, 0.2) is 0 Å². The number of primary amides is 1. The molecule has 0 aliphatic rings. The molecule has 128 valence electrons. The van der Waals surface area contributed by atoms with Crippen LogP contribution >= 0.6 is 0 Å². The molecular formula is C20H27N3O. The summed E-state index contributed by atoms with van der Waals surface area (Å²) in [6.45, 7) is 8.73. The molecule has 4 N–H and O–H groups in total. The second-order valence-corrected chi connectivity index (χ2v) is 6.79. The number of nitrogens with two attached hydrogens (primary N) is 2. The van der Waals surface area contributed by atoms with Crippen molar-refractivity contribution in [3.8, 4) is 11.1 Å².